The van der Waals surface area contributed by atoms with Gasteiger partial charge in [0.2, 0.25) is 0 Å². The molecule has 7 heteroatoms. The SMILES string of the molecule is CC1c2cc3c(cc2C2(CCCC2)CN1C(=O)NCCCC(=O)O)OCCO3. The predicted molar refractivity (Wildman–Crippen MR) is 103 cm³/mol. The number of amides is 2. The number of hydrogen-bond acceptors (Lipinski definition) is 4. The summed E-state index contributed by atoms with van der Waals surface area (Å²) in [5, 5.41) is 11.7. The Morgan fingerprint density at radius 2 is 1.89 bits per heavy atom. The highest BCUT2D eigenvalue weighted by Gasteiger charge is 2.46. The predicted octanol–water partition coefficient (Wildman–Crippen LogP) is 3.22. The standard InChI is InChI=1S/C21H28N2O5/c1-14-15-11-17-18(28-10-9-27-17)12-16(15)21(6-2-3-7-21)13-23(14)20(26)22-8-4-5-19(24)25/h11-12,14H,2-10,13H2,1H3,(H,22,26)(H,24,25). The maximum atomic E-state index is 12.9. The van der Waals surface area contributed by atoms with Crippen LogP contribution in [0.2, 0.25) is 0 Å². The number of carboxylic acid groups (broad SMARTS) is 1. The van der Waals surface area contributed by atoms with Crippen molar-refractivity contribution in [3.8, 4) is 11.5 Å². The van der Waals surface area contributed by atoms with Crippen molar-refractivity contribution in [2.75, 3.05) is 26.3 Å². The second-order valence-corrected chi connectivity index (χ2v) is 8.10. The van der Waals surface area contributed by atoms with E-state index in [0.717, 1.165) is 42.7 Å². The van der Waals surface area contributed by atoms with Gasteiger partial charge in [0, 0.05) is 24.9 Å². The van der Waals surface area contributed by atoms with E-state index in [1.807, 2.05) is 11.8 Å². The number of nitrogens with zero attached hydrogens (tertiary/aromatic N) is 1. The molecular formula is C21H28N2O5. The van der Waals surface area contributed by atoms with Gasteiger partial charge < -0.3 is 24.8 Å². The second kappa shape index (κ2) is 7.53. The molecule has 1 unspecified atom stereocenters. The largest absolute Gasteiger partial charge is 0.486 e. The van der Waals surface area contributed by atoms with E-state index in [2.05, 4.69) is 17.4 Å². The second-order valence-electron chi connectivity index (χ2n) is 8.10. The molecule has 1 fully saturated rings. The van der Waals surface area contributed by atoms with Crippen LogP contribution in [0.3, 0.4) is 0 Å². The van der Waals surface area contributed by atoms with Gasteiger partial charge in [-0.25, -0.2) is 4.79 Å². The minimum Gasteiger partial charge on any atom is -0.486 e. The van der Waals surface area contributed by atoms with Crippen LogP contribution in [0.15, 0.2) is 12.1 Å². The monoisotopic (exact) mass is 388 g/mol. The minimum absolute atomic E-state index is 0.0317. The average Bonchev–Trinajstić information content (AvgIpc) is 3.16. The molecule has 1 aliphatic carbocycles. The highest BCUT2D eigenvalue weighted by Crippen LogP contribution is 2.51. The molecule has 28 heavy (non-hydrogen) atoms. The van der Waals surface area contributed by atoms with Crippen molar-refractivity contribution in [2.24, 2.45) is 0 Å². The van der Waals surface area contributed by atoms with E-state index in [4.69, 9.17) is 14.6 Å². The molecule has 1 spiro atoms. The first kappa shape index (κ1) is 18.9. The first-order valence-corrected chi connectivity index (χ1v) is 10.2. The van der Waals surface area contributed by atoms with Gasteiger partial charge in [0.1, 0.15) is 13.2 Å². The van der Waals surface area contributed by atoms with Gasteiger partial charge >= 0.3 is 12.0 Å². The van der Waals surface area contributed by atoms with Gasteiger partial charge in [-0.3, -0.25) is 4.79 Å². The van der Waals surface area contributed by atoms with Crippen molar-refractivity contribution < 1.29 is 24.2 Å². The summed E-state index contributed by atoms with van der Waals surface area (Å²) in [4.78, 5) is 25.5. The maximum absolute atomic E-state index is 12.9. The minimum atomic E-state index is -0.841. The number of carbonyl (C=O) groups excluding carboxylic acids is 1. The van der Waals surface area contributed by atoms with Crippen molar-refractivity contribution in [3.63, 3.8) is 0 Å². The van der Waals surface area contributed by atoms with Crippen molar-refractivity contribution in [3.05, 3.63) is 23.3 Å². The Hall–Kier alpha value is -2.44. The summed E-state index contributed by atoms with van der Waals surface area (Å²) in [6.07, 6.45) is 4.95. The molecule has 2 amide bonds. The summed E-state index contributed by atoms with van der Waals surface area (Å²) in [6.45, 7) is 4.22. The molecule has 2 N–H and O–H groups in total. The third-order valence-corrected chi connectivity index (χ3v) is 6.34. The fraction of sp³-hybridized carbons (Fsp3) is 0.619. The Morgan fingerprint density at radius 3 is 2.57 bits per heavy atom. The molecule has 0 saturated heterocycles. The molecule has 3 aliphatic rings. The average molecular weight is 388 g/mol. The van der Waals surface area contributed by atoms with Crippen LogP contribution in [0.5, 0.6) is 11.5 Å². The zero-order valence-electron chi connectivity index (χ0n) is 16.3. The lowest BCUT2D eigenvalue weighted by atomic mass is 9.71. The van der Waals surface area contributed by atoms with Gasteiger partial charge in [-0.2, -0.15) is 0 Å². The number of carbonyl (C=O) groups is 2. The molecule has 1 atom stereocenters. The number of ether oxygens (including phenoxy) is 2. The Balaban J connectivity index is 1.60. The van der Waals surface area contributed by atoms with Gasteiger partial charge in [-0.1, -0.05) is 12.8 Å². The number of urea groups is 1. The first-order chi connectivity index (χ1) is 13.5. The molecule has 2 heterocycles. The van der Waals surface area contributed by atoms with Gasteiger partial charge in [0.15, 0.2) is 11.5 Å². The van der Waals surface area contributed by atoms with Gasteiger partial charge in [0.05, 0.1) is 6.04 Å². The number of aliphatic carboxylic acids is 1. The number of rotatable bonds is 4. The molecule has 7 nitrogen and oxygen atoms in total. The molecule has 1 aromatic carbocycles. The summed E-state index contributed by atoms with van der Waals surface area (Å²) < 4.78 is 11.6. The quantitative estimate of drug-likeness (QED) is 0.773. The Morgan fingerprint density at radius 1 is 1.21 bits per heavy atom. The fourth-order valence-corrected chi connectivity index (χ4v) is 4.89. The van der Waals surface area contributed by atoms with Crippen molar-refractivity contribution in [1.82, 2.24) is 10.2 Å². The third-order valence-electron chi connectivity index (χ3n) is 6.34. The molecule has 2 aliphatic heterocycles. The van der Waals surface area contributed by atoms with E-state index in [0.29, 0.717) is 32.7 Å². The van der Waals surface area contributed by atoms with E-state index < -0.39 is 5.97 Å². The normalized spacial score (nSPS) is 22.0. The lowest BCUT2D eigenvalue weighted by Crippen LogP contribution is -2.52. The van der Waals surface area contributed by atoms with Crippen LogP contribution in [0.25, 0.3) is 0 Å². The van der Waals surface area contributed by atoms with Crippen molar-refractivity contribution >= 4 is 12.0 Å². The highest BCUT2D eigenvalue weighted by molar-refractivity contribution is 5.76. The van der Waals surface area contributed by atoms with E-state index in [1.165, 1.54) is 5.56 Å². The topological polar surface area (TPSA) is 88.1 Å². The highest BCUT2D eigenvalue weighted by atomic mass is 16.6. The Labute approximate surface area is 165 Å². The zero-order chi connectivity index (χ0) is 19.7. The number of fused-ring (bicyclic) bond motifs is 3. The van der Waals surface area contributed by atoms with E-state index in [9.17, 15) is 9.59 Å². The lowest BCUT2D eigenvalue weighted by molar-refractivity contribution is -0.137. The fourth-order valence-electron chi connectivity index (χ4n) is 4.89. The summed E-state index contributed by atoms with van der Waals surface area (Å²) in [7, 11) is 0. The van der Waals surface area contributed by atoms with Crippen LogP contribution in [0.1, 0.15) is 62.6 Å². The van der Waals surface area contributed by atoms with E-state index in [-0.39, 0.29) is 23.9 Å². The molecule has 4 rings (SSSR count). The molecule has 0 bridgehead atoms. The van der Waals surface area contributed by atoms with Crippen LogP contribution in [-0.4, -0.2) is 48.3 Å². The summed E-state index contributed by atoms with van der Waals surface area (Å²) in [5.41, 5.74) is 2.41. The van der Waals surface area contributed by atoms with E-state index in [1.54, 1.807) is 0 Å². The summed E-state index contributed by atoms with van der Waals surface area (Å²) in [6, 6.07) is 4.01. The molecule has 0 radical (unpaired) electrons. The van der Waals surface area contributed by atoms with Crippen LogP contribution >= 0.6 is 0 Å². The summed E-state index contributed by atoms with van der Waals surface area (Å²) >= 11 is 0. The van der Waals surface area contributed by atoms with Crippen LogP contribution in [0, 0.1) is 0 Å². The number of benzene rings is 1. The van der Waals surface area contributed by atoms with Crippen molar-refractivity contribution in [1.29, 1.82) is 0 Å². The number of nitrogens with one attached hydrogen (secondary N) is 1. The van der Waals surface area contributed by atoms with Gasteiger partial charge in [-0.15, -0.1) is 0 Å². The molecule has 1 aromatic rings. The molecule has 1 saturated carbocycles. The molecule has 0 aromatic heterocycles. The molecular weight excluding hydrogens is 360 g/mol. The lowest BCUT2D eigenvalue weighted by Gasteiger charge is -2.46. The van der Waals surface area contributed by atoms with Gasteiger partial charge in [0.25, 0.3) is 0 Å². The third kappa shape index (κ3) is 3.38. The maximum Gasteiger partial charge on any atom is 0.317 e. The number of carboxylic acids is 1. The first-order valence-electron chi connectivity index (χ1n) is 10.2. The van der Waals surface area contributed by atoms with E-state index >= 15 is 0 Å². The smallest absolute Gasteiger partial charge is 0.317 e. The Kier molecular flexibility index (Phi) is 5.08. The molecule has 152 valence electrons. The van der Waals surface area contributed by atoms with Crippen LogP contribution < -0.4 is 14.8 Å². The zero-order valence-corrected chi connectivity index (χ0v) is 16.3. The van der Waals surface area contributed by atoms with Crippen molar-refractivity contribution in [2.45, 2.75) is 56.9 Å². The Bertz CT molecular complexity index is 772. The van der Waals surface area contributed by atoms with Crippen LogP contribution in [-0.2, 0) is 10.2 Å². The van der Waals surface area contributed by atoms with Crippen LogP contribution in [0.4, 0.5) is 4.79 Å². The summed E-state index contributed by atoms with van der Waals surface area (Å²) in [5.74, 6) is 0.732. The number of hydrogen-bond donors (Lipinski definition) is 2. The van der Waals surface area contributed by atoms with Gasteiger partial charge in [-0.05, 0) is 49.4 Å².